The fourth-order valence-electron chi connectivity index (χ4n) is 3.10. The van der Waals surface area contributed by atoms with Gasteiger partial charge in [-0.25, -0.2) is 9.78 Å². The number of nitrogens with one attached hydrogen (secondary N) is 4. The standard InChI is InChI=1S/C21H13BrN6O2S/c22-12-8-6-11(7-9-12)15-14(10-23)17(25-18-16(15)19(29)28-20(30)26-18)27-21(31)24-13-4-2-1-3-5-13/h1-9H,(H4,24,25,26,27,28,29,30,31). The monoisotopic (exact) mass is 492 g/mol. The van der Waals surface area contributed by atoms with E-state index in [4.69, 9.17) is 12.2 Å². The van der Waals surface area contributed by atoms with Crippen molar-refractivity contribution in [3.63, 3.8) is 0 Å². The number of H-pyrrole nitrogens is 2. The number of nitriles is 1. The van der Waals surface area contributed by atoms with Gasteiger partial charge in [-0.15, -0.1) is 0 Å². The van der Waals surface area contributed by atoms with Crippen molar-refractivity contribution in [3.8, 4) is 17.2 Å². The number of thiocarbonyl (C=S) groups is 1. The summed E-state index contributed by atoms with van der Waals surface area (Å²) >= 11 is 8.73. The lowest BCUT2D eigenvalue weighted by Gasteiger charge is -2.15. The molecule has 8 nitrogen and oxygen atoms in total. The van der Waals surface area contributed by atoms with E-state index in [0.29, 0.717) is 11.1 Å². The van der Waals surface area contributed by atoms with E-state index in [-0.39, 0.29) is 27.5 Å². The summed E-state index contributed by atoms with van der Waals surface area (Å²) in [4.78, 5) is 33.5. The van der Waals surface area contributed by atoms with Gasteiger partial charge in [0.05, 0.1) is 5.39 Å². The Balaban J connectivity index is 1.91. The Morgan fingerprint density at radius 3 is 2.42 bits per heavy atom. The zero-order valence-electron chi connectivity index (χ0n) is 15.7. The average molecular weight is 493 g/mol. The number of hydrogen-bond acceptors (Lipinski definition) is 5. The van der Waals surface area contributed by atoms with Crippen molar-refractivity contribution in [2.24, 2.45) is 0 Å². The van der Waals surface area contributed by atoms with Crippen LogP contribution in [0.3, 0.4) is 0 Å². The fourth-order valence-corrected chi connectivity index (χ4v) is 3.58. The third-order valence-corrected chi connectivity index (χ3v) is 5.12. The van der Waals surface area contributed by atoms with Crippen molar-refractivity contribution in [2.45, 2.75) is 0 Å². The van der Waals surface area contributed by atoms with Crippen molar-refractivity contribution >= 4 is 55.8 Å². The minimum Gasteiger partial charge on any atom is -0.332 e. The van der Waals surface area contributed by atoms with Crippen LogP contribution in [0.2, 0.25) is 0 Å². The second-order valence-corrected chi connectivity index (χ2v) is 7.73. The summed E-state index contributed by atoms with van der Waals surface area (Å²) in [5.74, 6) is 0.114. The van der Waals surface area contributed by atoms with E-state index in [0.717, 1.165) is 10.2 Å². The molecule has 4 rings (SSSR count). The van der Waals surface area contributed by atoms with E-state index in [1.807, 2.05) is 30.3 Å². The van der Waals surface area contributed by atoms with Gasteiger partial charge in [-0.3, -0.25) is 14.8 Å². The molecule has 10 heteroatoms. The Hall–Kier alpha value is -3.81. The van der Waals surface area contributed by atoms with E-state index in [1.165, 1.54) is 0 Å². The van der Waals surface area contributed by atoms with Gasteiger partial charge >= 0.3 is 5.69 Å². The minimum atomic E-state index is -0.701. The Labute approximate surface area is 189 Å². The SMILES string of the molecule is N#Cc1c(NC(=S)Nc2ccccc2)nc2[nH]c(=O)[nH]c(=O)c2c1-c1ccc(Br)cc1. The van der Waals surface area contributed by atoms with Gasteiger partial charge in [0, 0.05) is 15.7 Å². The number of anilines is 2. The van der Waals surface area contributed by atoms with Crippen LogP contribution in [0.25, 0.3) is 22.2 Å². The van der Waals surface area contributed by atoms with Gasteiger partial charge in [0.2, 0.25) is 0 Å². The van der Waals surface area contributed by atoms with Crippen molar-refractivity contribution in [1.29, 1.82) is 5.26 Å². The van der Waals surface area contributed by atoms with Crippen LogP contribution < -0.4 is 21.9 Å². The molecule has 0 fully saturated rings. The number of pyridine rings is 1. The van der Waals surface area contributed by atoms with E-state index in [9.17, 15) is 14.9 Å². The third-order valence-electron chi connectivity index (χ3n) is 4.39. The second-order valence-electron chi connectivity index (χ2n) is 6.41. The Morgan fingerprint density at radius 1 is 1.03 bits per heavy atom. The summed E-state index contributed by atoms with van der Waals surface area (Å²) in [5.41, 5.74) is 0.499. The molecular formula is C21H13BrN6O2S. The quantitative estimate of drug-likeness (QED) is 0.321. The van der Waals surface area contributed by atoms with Crippen LogP contribution in [0.15, 0.2) is 68.7 Å². The molecule has 2 heterocycles. The lowest BCUT2D eigenvalue weighted by atomic mass is 9.98. The summed E-state index contributed by atoms with van der Waals surface area (Å²) in [7, 11) is 0. The fraction of sp³-hybridized carbons (Fsp3) is 0. The Morgan fingerprint density at radius 2 is 1.74 bits per heavy atom. The van der Waals surface area contributed by atoms with Crippen LogP contribution in [-0.2, 0) is 0 Å². The summed E-state index contributed by atoms with van der Waals surface area (Å²) < 4.78 is 0.835. The molecule has 0 atom stereocenters. The number of hydrogen-bond donors (Lipinski definition) is 4. The molecule has 2 aromatic carbocycles. The van der Waals surface area contributed by atoms with E-state index < -0.39 is 11.2 Å². The topological polar surface area (TPSA) is 126 Å². The van der Waals surface area contributed by atoms with Crippen LogP contribution in [0.1, 0.15) is 5.56 Å². The zero-order valence-corrected chi connectivity index (χ0v) is 18.1. The maximum atomic E-state index is 12.6. The first-order valence-electron chi connectivity index (χ1n) is 8.95. The van der Waals surface area contributed by atoms with Crippen LogP contribution in [0, 0.1) is 11.3 Å². The molecule has 0 amide bonds. The van der Waals surface area contributed by atoms with Crippen molar-refractivity contribution in [1.82, 2.24) is 15.0 Å². The molecule has 0 radical (unpaired) electrons. The smallest absolute Gasteiger partial charge is 0.327 e. The van der Waals surface area contributed by atoms with Crippen molar-refractivity contribution in [2.75, 3.05) is 10.6 Å². The van der Waals surface area contributed by atoms with Gasteiger partial charge in [-0.05, 0) is 42.0 Å². The van der Waals surface area contributed by atoms with Gasteiger partial charge in [0.1, 0.15) is 17.3 Å². The minimum absolute atomic E-state index is 0.0377. The first-order valence-corrected chi connectivity index (χ1v) is 10.2. The van der Waals surface area contributed by atoms with E-state index in [2.05, 4.69) is 47.6 Å². The largest absolute Gasteiger partial charge is 0.332 e. The number of halogens is 1. The number of benzene rings is 2. The van der Waals surface area contributed by atoms with Crippen molar-refractivity contribution in [3.05, 3.63) is 85.5 Å². The maximum absolute atomic E-state index is 12.6. The normalized spacial score (nSPS) is 10.5. The molecule has 0 bridgehead atoms. The molecule has 152 valence electrons. The molecule has 31 heavy (non-hydrogen) atoms. The Bertz CT molecular complexity index is 1460. The number of aromatic amines is 2. The van der Waals surface area contributed by atoms with Gasteiger partial charge in [0.15, 0.2) is 10.9 Å². The molecule has 0 aliphatic rings. The molecule has 0 unspecified atom stereocenters. The molecule has 0 aliphatic heterocycles. The van der Waals surface area contributed by atoms with Gasteiger partial charge in [0.25, 0.3) is 5.56 Å². The van der Waals surface area contributed by atoms with E-state index in [1.54, 1.807) is 24.3 Å². The number of fused-ring (bicyclic) bond motifs is 1. The lowest BCUT2D eigenvalue weighted by molar-refractivity contribution is 1.06. The lowest BCUT2D eigenvalue weighted by Crippen LogP contribution is -2.25. The zero-order chi connectivity index (χ0) is 22.0. The highest BCUT2D eigenvalue weighted by Crippen LogP contribution is 2.33. The number of rotatable bonds is 3. The van der Waals surface area contributed by atoms with Crippen LogP contribution in [-0.4, -0.2) is 20.1 Å². The highest BCUT2D eigenvalue weighted by molar-refractivity contribution is 9.10. The van der Waals surface area contributed by atoms with Crippen LogP contribution in [0.4, 0.5) is 11.5 Å². The summed E-state index contributed by atoms with van der Waals surface area (Å²) in [6.45, 7) is 0. The Kier molecular flexibility index (Phi) is 5.62. The highest BCUT2D eigenvalue weighted by Gasteiger charge is 2.20. The molecule has 4 aromatic rings. The summed E-state index contributed by atoms with van der Waals surface area (Å²) in [6.07, 6.45) is 0. The number of para-hydroxylation sites is 1. The predicted molar refractivity (Wildman–Crippen MR) is 127 cm³/mol. The predicted octanol–water partition coefficient (Wildman–Crippen LogP) is 3.72. The first kappa shape index (κ1) is 20.5. The molecule has 2 aromatic heterocycles. The molecule has 4 N–H and O–H groups in total. The van der Waals surface area contributed by atoms with Gasteiger partial charge in [-0.2, -0.15) is 5.26 Å². The second kappa shape index (κ2) is 8.51. The van der Waals surface area contributed by atoms with E-state index >= 15 is 0 Å². The summed E-state index contributed by atoms with van der Waals surface area (Å²) in [6, 6.07) is 18.4. The molecule has 0 aliphatic carbocycles. The third kappa shape index (κ3) is 4.23. The molecule has 0 saturated carbocycles. The molecule has 0 saturated heterocycles. The molecule has 0 spiro atoms. The van der Waals surface area contributed by atoms with Gasteiger partial charge in [-0.1, -0.05) is 46.3 Å². The van der Waals surface area contributed by atoms with Gasteiger partial charge < -0.3 is 10.6 Å². The first-order chi connectivity index (χ1) is 15.0. The van der Waals surface area contributed by atoms with Crippen LogP contribution >= 0.6 is 28.1 Å². The molecular weight excluding hydrogens is 480 g/mol. The van der Waals surface area contributed by atoms with Crippen LogP contribution in [0.5, 0.6) is 0 Å². The number of aromatic nitrogens is 3. The highest BCUT2D eigenvalue weighted by atomic mass is 79.9. The summed E-state index contributed by atoms with van der Waals surface area (Å²) in [5, 5.41) is 16.1. The number of nitrogens with zero attached hydrogens (tertiary/aromatic N) is 2. The van der Waals surface area contributed by atoms with Crippen molar-refractivity contribution < 1.29 is 0 Å². The average Bonchev–Trinajstić information content (AvgIpc) is 2.74. The maximum Gasteiger partial charge on any atom is 0.327 e.